The topological polar surface area (TPSA) is 152 Å². The highest BCUT2D eigenvalue weighted by atomic mass is 19.1. The van der Waals surface area contributed by atoms with E-state index in [1.54, 1.807) is 0 Å². The van der Waals surface area contributed by atoms with Crippen LogP contribution in [0.5, 0.6) is 5.75 Å². The van der Waals surface area contributed by atoms with Crippen molar-refractivity contribution in [1.82, 2.24) is 9.97 Å². The fourth-order valence-corrected chi connectivity index (χ4v) is 2.90. The molecule has 10 nitrogen and oxygen atoms in total. The maximum Gasteiger partial charge on any atom is 0.433 e. The van der Waals surface area contributed by atoms with Crippen LogP contribution in [0.15, 0.2) is 52.9 Å². The number of fused-ring (bicyclic) bond motifs is 1. The number of hydrogen-bond donors (Lipinski definition) is 3. The van der Waals surface area contributed by atoms with Crippen molar-refractivity contribution in [3.8, 4) is 5.75 Å². The number of carboxylic acid groups (broad SMARTS) is 1. The molecule has 0 aliphatic rings. The van der Waals surface area contributed by atoms with Crippen molar-refractivity contribution in [2.75, 3.05) is 5.32 Å². The molecule has 2 heterocycles. The molecule has 0 bridgehead atoms. The van der Waals surface area contributed by atoms with Gasteiger partial charge in [-0.3, -0.25) is 10.1 Å². The lowest BCUT2D eigenvalue weighted by molar-refractivity contribution is -0.402. The van der Waals surface area contributed by atoms with E-state index in [1.807, 2.05) is 0 Å². The number of rotatable bonds is 6. The van der Waals surface area contributed by atoms with E-state index >= 15 is 0 Å². The summed E-state index contributed by atoms with van der Waals surface area (Å²) < 4.78 is 18.8. The van der Waals surface area contributed by atoms with Gasteiger partial charge < -0.3 is 19.9 Å². The van der Waals surface area contributed by atoms with Gasteiger partial charge in [-0.05, 0) is 48.6 Å². The Morgan fingerprint density at radius 2 is 1.94 bits per heavy atom. The zero-order chi connectivity index (χ0) is 22.8. The third-order valence-electron chi connectivity index (χ3n) is 4.36. The summed E-state index contributed by atoms with van der Waals surface area (Å²) in [5, 5.41) is 33.0. The maximum absolute atomic E-state index is 13.8. The second kappa shape index (κ2) is 8.14. The predicted molar refractivity (Wildman–Crippen MR) is 112 cm³/mol. The highest BCUT2D eigenvalue weighted by Crippen LogP contribution is 2.28. The summed E-state index contributed by atoms with van der Waals surface area (Å²) in [6, 6.07) is 10.4. The van der Waals surface area contributed by atoms with Gasteiger partial charge in [-0.2, -0.15) is 0 Å². The summed E-state index contributed by atoms with van der Waals surface area (Å²) in [4.78, 5) is 30.0. The van der Waals surface area contributed by atoms with Crippen molar-refractivity contribution in [2.24, 2.45) is 0 Å². The SMILES string of the molecule is O=C(O)c1cc(Nc2nc(C=Cc3ccc([N+](=O)[O-])o3)nc3cc(F)ccc23)ccc1O. The maximum atomic E-state index is 13.8. The van der Waals surface area contributed by atoms with Crippen LogP contribution in [0.1, 0.15) is 21.9 Å². The molecule has 0 fully saturated rings. The van der Waals surface area contributed by atoms with Gasteiger partial charge >= 0.3 is 11.9 Å². The van der Waals surface area contributed by atoms with Crippen LogP contribution in [0.3, 0.4) is 0 Å². The van der Waals surface area contributed by atoms with Crippen LogP contribution in [0.25, 0.3) is 23.1 Å². The largest absolute Gasteiger partial charge is 0.507 e. The molecule has 4 aromatic rings. The summed E-state index contributed by atoms with van der Waals surface area (Å²) >= 11 is 0. The number of phenols is 1. The average Bonchev–Trinajstić information content (AvgIpc) is 3.22. The molecule has 0 saturated carbocycles. The van der Waals surface area contributed by atoms with Crippen molar-refractivity contribution in [3.05, 3.63) is 81.6 Å². The van der Waals surface area contributed by atoms with E-state index < -0.39 is 28.3 Å². The number of aromatic hydroxyl groups is 1. The average molecular weight is 436 g/mol. The fraction of sp³-hybridized carbons (Fsp3) is 0. The summed E-state index contributed by atoms with van der Waals surface area (Å²) in [5.74, 6) is -2.06. The lowest BCUT2D eigenvalue weighted by Gasteiger charge is -2.11. The number of nitrogens with one attached hydrogen (secondary N) is 1. The Balaban J connectivity index is 1.74. The van der Waals surface area contributed by atoms with Crippen molar-refractivity contribution < 1.29 is 28.7 Å². The Bertz CT molecular complexity index is 1400. The van der Waals surface area contributed by atoms with E-state index in [2.05, 4.69) is 15.3 Å². The summed E-state index contributed by atoms with van der Waals surface area (Å²) in [6.45, 7) is 0. The van der Waals surface area contributed by atoms with E-state index in [0.29, 0.717) is 11.1 Å². The first kappa shape index (κ1) is 20.5. The van der Waals surface area contributed by atoms with Gasteiger partial charge in [0.15, 0.2) is 5.82 Å². The number of hydrogen-bond acceptors (Lipinski definition) is 8. The van der Waals surface area contributed by atoms with Crippen molar-refractivity contribution in [3.63, 3.8) is 0 Å². The van der Waals surface area contributed by atoms with Gasteiger partial charge in [0.1, 0.15) is 33.6 Å². The Morgan fingerprint density at radius 1 is 1.12 bits per heavy atom. The number of halogens is 1. The number of carbonyl (C=O) groups is 1. The Hall–Kier alpha value is -4.80. The minimum absolute atomic E-state index is 0.141. The molecular weight excluding hydrogens is 423 g/mol. The Kier molecular flexibility index (Phi) is 5.21. The second-order valence-corrected chi connectivity index (χ2v) is 6.52. The molecule has 0 amide bonds. The Morgan fingerprint density at radius 3 is 2.66 bits per heavy atom. The minimum atomic E-state index is -1.31. The monoisotopic (exact) mass is 436 g/mol. The highest BCUT2D eigenvalue weighted by Gasteiger charge is 2.13. The van der Waals surface area contributed by atoms with Crippen molar-refractivity contribution >= 4 is 46.4 Å². The number of aromatic nitrogens is 2. The van der Waals surface area contributed by atoms with Crippen LogP contribution < -0.4 is 5.32 Å². The molecule has 0 aliphatic heterocycles. The number of furan rings is 1. The predicted octanol–water partition coefficient (Wildman–Crippen LogP) is 4.59. The number of aromatic carboxylic acids is 1. The van der Waals surface area contributed by atoms with Gasteiger partial charge in [0.25, 0.3) is 0 Å². The minimum Gasteiger partial charge on any atom is -0.507 e. The van der Waals surface area contributed by atoms with E-state index in [9.17, 15) is 29.5 Å². The lowest BCUT2D eigenvalue weighted by atomic mass is 10.1. The molecule has 0 radical (unpaired) electrons. The lowest BCUT2D eigenvalue weighted by Crippen LogP contribution is -2.02. The first-order chi connectivity index (χ1) is 15.3. The molecule has 2 aromatic carbocycles. The summed E-state index contributed by atoms with van der Waals surface area (Å²) in [5.41, 5.74) is 0.282. The molecule has 3 N–H and O–H groups in total. The third kappa shape index (κ3) is 4.21. The number of benzene rings is 2. The molecule has 2 aromatic heterocycles. The summed E-state index contributed by atoms with van der Waals surface area (Å²) in [6.07, 6.45) is 2.85. The second-order valence-electron chi connectivity index (χ2n) is 6.52. The zero-order valence-electron chi connectivity index (χ0n) is 16.0. The van der Waals surface area contributed by atoms with Crippen molar-refractivity contribution in [1.29, 1.82) is 0 Å². The van der Waals surface area contributed by atoms with Gasteiger partial charge in [-0.15, -0.1) is 0 Å². The van der Waals surface area contributed by atoms with Gasteiger partial charge in [0, 0.05) is 17.1 Å². The fourth-order valence-electron chi connectivity index (χ4n) is 2.90. The standard InChI is InChI=1S/C21H13FN4O6/c22-11-1-5-14-16(9-11)24-18(7-3-13-4-8-19(32-13)26(30)31)25-20(14)23-12-2-6-17(27)15(10-12)21(28)29/h1-10,27H,(H,28,29)(H,23,24,25). The molecule has 0 aliphatic carbocycles. The smallest absolute Gasteiger partial charge is 0.433 e. The van der Waals surface area contributed by atoms with Crippen LogP contribution in [-0.4, -0.2) is 31.1 Å². The van der Waals surface area contributed by atoms with Crippen LogP contribution in [0, 0.1) is 15.9 Å². The molecule has 11 heteroatoms. The molecular formula is C21H13FN4O6. The van der Waals surface area contributed by atoms with Gasteiger partial charge in [-0.1, -0.05) is 0 Å². The van der Waals surface area contributed by atoms with Gasteiger partial charge in [0.05, 0.1) is 11.6 Å². The first-order valence-corrected chi connectivity index (χ1v) is 9.03. The summed E-state index contributed by atoms with van der Waals surface area (Å²) in [7, 11) is 0. The number of anilines is 2. The molecule has 0 saturated heterocycles. The quantitative estimate of drug-likeness (QED) is 0.224. The van der Waals surface area contributed by atoms with E-state index in [1.165, 1.54) is 60.7 Å². The highest BCUT2D eigenvalue weighted by molar-refractivity contribution is 5.94. The van der Waals surface area contributed by atoms with Crippen LogP contribution >= 0.6 is 0 Å². The first-order valence-electron chi connectivity index (χ1n) is 9.03. The molecule has 0 spiro atoms. The number of nitro groups is 1. The normalized spacial score (nSPS) is 11.2. The molecule has 4 rings (SSSR count). The zero-order valence-corrected chi connectivity index (χ0v) is 16.0. The van der Waals surface area contributed by atoms with Gasteiger partial charge in [-0.25, -0.2) is 19.2 Å². The van der Waals surface area contributed by atoms with E-state index in [-0.39, 0.29) is 28.5 Å². The molecule has 32 heavy (non-hydrogen) atoms. The van der Waals surface area contributed by atoms with Crippen LogP contribution in [0.4, 0.5) is 21.8 Å². The van der Waals surface area contributed by atoms with E-state index in [4.69, 9.17) is 4.42 Å². The van der Waals surface area contributed by atoms with Crippen LogP contribution in [-0.2, 0) is 0 Å². The number of carboxylic acids is 1. The van der Waals surface area contributed by atoms with Crippen LogP contribution in [0.2, 0.25) is 0 Å². The molecule has 0 unspecified atom stereocenters. The van der Waals surface area contributed by atoms with Crippen molar-refractivity contribution in [2.45, 2.75) is 0 Å². The Labute approximate surface area is 178 Å². The third-order valence-corrected chi connectivity index (χ3v) is 4.36. The molecule has 0 atom stereocenters. The van der Waals surface area contributed by atoms with E-state index in [0.717, 1.165) is 0 Å². The molecule has 160 valence electrons. The van der Waals surface area contributed by atoms with Gasteiger partial charge in [0.2, 0.25) is 0 Å². The number of nitrogens with zero attached hydrogens (tertiary/aromatic N) is 3.